The Hall–Kier alpha value is -1.91. The standard InChI is InChI=1S/C10H9F2N3/c1-13-10-5-9(14-15-10)6-2-7(11)4-8(12)3-6/h2-5H,1H3,(H2,13,14,15). The zero-order valence-corrected chi connectivity index (χ0v) is 8.01. The highest BCUT2D eigenvalue weighted by Gasteiger charge is 2.05. The second-order valence-electron chi connectivity index (χ2n) is 3.07. The molecule has 2 aromatic rings. The molecule has 0 saturated carbocycles. The zero-order chi connectivity index (χ0) is 10.8. The number of H-pyrrole nitrogens is 1. The highest BCUT2D eigenvalue weighted by molar-refractivity contribution is 5.62. The van der Waals surface area contributed by atoms with Gasteiger partial charge in [-0.2, -0.15) is 5.10 Å². The Morgan fingerprint density at radius 2 is 1.80 bits per heavy atom. The molecule has 1 aromatic carbocycles. The van der Waals surface area contributed by atoms with Crippen LogP contribution < -0.4 is 5.32 Å². The smallest absolute Gasteiger partial charge is 0.148 e. The van der Waals surface area contributed by atoms with Gasteiger partial charge in [-0.25, -0.2) is 8.78 Å². The van der Waals surface area contributed by atoms with E-state index >= 15 is 0 Å². The van der Waals surface area contributed by atoms with E-state index in [1.807, 2.05) is 0 Å². The summed E-state index contributed by atoms with van der Waals surface area (Å²) in [5.41, 5.74) is 0.999. The number of nitrogens with zero attached hydrogens (tertiary/aromatic N) is 1. The van der Waals surface area contributed by atoms with Crippen LogP contribution in [0.3, 0.4) is 0 Å². The molecule has 2 rings (SSSR count). The molecule has 1 aromatic heterocycles. The van der Waals surface area contributed by atoms with Crippen LogP contribution in [0, 0.1) is 11.6 Å². The van der Waals surface area contributed by atoms with E-state index in [1.54, 1.807) is 13.1 Å². The van der Waals surface area contributed by atoms with Gasteiger partial charge in [0.1, 0.15) is 17.5 Å². The number of aromatic nitrogens is 2. The van der Waals surface area contributed by atoms with E-state index in [-0.39, 0.29) is 0 Å². The lowest BCUT2D eigenvalue weighted by Crippen LogP contribution is -1.85. The fourth-order valence-corrected chi connectivity index (χ4v) is 1.31. The highest BCUT2D eigenvalue weighted by atomic mass is 19.1. The van der Waals surface area contributed by atoms with Crippen LogP contribution in [0.5, 0.6) is 0 Å². The van der Waals surface area contributed by atoms with Crippen LogP contribution in [0.4, 0.5) is 14.6 Å². The third kappa shape index (κ3) is 1.96. The van der Waals surface area contributed by atoms with Crippen LogP contribution in [0.15, 0.2) is 24.3 Å². The minimum atomic E-state index is -0.606. The molecule has 1 heterocycles. The van der Waals surface area contributed by atoms with Gasteiger partial charge in [0, 0.05) is 24.7 Å². The molecule has 0 saturated heterocycles. The Labute approximate surface area is 85.1 Å². The number of rotatable bonds is 2. The molecule has 78 valence electrons. The van der Waals surface area contributed by atoms with E-state index < -0.39 is 11.6 Å². The quantitative estimate of drug-likeness (QED) is 0.797. The summed E-state index contributed by atoms with van der Waals surface area (Å²) in [6.07, 6.45) is 0. The molecule has 5 heteroatoms. The van der Waals surface area contributed by atoms with Gasteiger partial charge in [-0.3, -0.25) is 5.10 Å². The fourth-order valence-electron chi connectivity index (χ4n) is 1.31. The predicted octanol–water partition coefficient (Wildman–Crippen LogP) is 2.40. The minimum absolute atomic E-state index is 0.432. The van der Waals surface area contributed by atoms with Gasteiger partial charge >= 0.3 is 0 Å². The van der Waals surface area contributed by atoms with Crippen LogP contribution in [0.25, 0.3) is 11.3 Å². The van der Waals surface area contributed by atoms with Crippen LogP contribution in [0.2, 0.25) is 0 Å². The summed E-state index contributed by atoms with van der Waals surface area (Å²) < 4.78 is 25.8. The summed E-state index contributed by atoms with van der Waals surface area (Å²) in [7, 11) is 1.71. The van der Waals surface area contributed by atoms with Gasteiger partial charge in [0.15, 0.2) is 0 Å². The van der Waals surface area contributed by atoms with Gasteiger partial charge in [-0.15, -0.1) is 0 Å². The van der Waals surface area contributed by atoms with Crippen molar-refractivity contribution >= 4 is 5.82 Å². The Morgan fingerprint density at radius 1 is 1.13 bits per heavy atom. The number of halogens is 2. The summed E-state index contributed by atoms with van der Waals surface area (Å²) >= 11 is 0. The van der Waals surface area contributed by atoms with E-state index in [4.69, 9.17) is 0 Å². The zero-order valence-electron chi connectivity index (χ0n) is 8.01. The Balaban J connectivity index is 2.44. The SMILES string of the molecule is CNc1cc(-c2cc(F)cc(F)c2)[nH]n1. The van der Waals surface area contributed by atoms with Gasteiger partial charge in [-0.1, -0.05) is 0 Å². The normalized spacial score (nSPS) is 10.3. The molecule has 3 nitrogen and oxygen atoms in total. The summed E-state index contributed by atoms with van der Waals surface area (Å²) in [6.45, 7) is 0. The van der Waals surface area contributed by atoms with Crippen molar-refractivity contribution in [3.63, 3.8) is 0 Å². The number of nitrogens with one attached hydrogen (secondary N) is 2. The first-order chi connectivity index (χ1) is 7.19. The Morgan fingerprint density at radius 3 is 2.33 bits per heavy atom. The minimum Gasteiger partial charge on any atom is -0.372 e. The average molecular weight is 209 g/mol. The van der Waals surface area contributed by atoms with Crippen molar-refractivity contribution in [2.75, 3.05) is 12.4 Å². The van der Waals surface area contributed by atoms with Gasteiger partial charge in [0.05, 0.1) is 5.69 Å². The first kappa shape index (κ1) is 9.64. The maximum atomic E-state index is 12.9. The molecule has 0 spiro atoms. The molecular formula is C10H9F2N3. The third-order valence-corrected chi connectivity index (χ3v) is 2.01. The van der Waals surface area contributed by atoms with E-state index in [9.17, 15) is 8.78 Å². The molecule has 2 N–H and O–H groups in total. The van der Waals surface area contributed by atoms with Crippen molar-refractivity contribution in [2.45, 2.75) is 0 Å². The van der Waals surface area contributed by atoms with Crippen LogP contribution >= 0.6 is 0 Å². The lowest BCUT2D eigenvalue weighted by atomic mass is 10.1. The lowest BCUT2D eigenvalue weighted by Gasteiger charge is -1.97. The van der Waals surface area contributed by atoms with Gasteiger partial charge < -0.3 is 5.32 Å². The van der Waals surface area contributed by atoms with Crippen molar-refractivity contribution in [1.29, 1.82) is 0 Å². The van der Waals surface area contributed by atoms with Crippen molar-refractivity contribution in [3.8, 4) is 11.3 Å². The maximum Gasteiger partial charge on any atom is 0.148 e. The van der Waals surface area contributed by atoms with Crippen LogP contribution in [-0.4, -0.2) is 17.2 Å². The van der Waals surface area contributed by atoms with Crippen molar-refractivity contribution in [2.24, 2.45) is 0 Å². The molecule has 0 aliphatic heterocycles. The average Bonchev–Trinajstić information content (AvgIpc) is 2.64. The molecule has 0 unspecified atom stereocenters. The monoisotopic (exact) mass is 209 g/mol. The maximum absolute atomic E-state index is 12.9. The predicted molar refractivity (Wildman–Crippen MR) is 53.5 cm³/mol. The molecule has 0 fully saturated rings. The van der Waals surface area contributed by atoms with E-state index in [2.05, 4.69) is 15.5 Å². The topological polar surface area (TPSA) is 40.7 Å². The molecule has 15 heavy (non-hydrogen) atoms. The first-order valence-electron chi connectivity index (χ1n) is 4.38. The second kappa shape index (κ2) is 3.68. The van der Waals surface area contributed by atoms with Crippen LogP contribution in [0.1, 0.15) is 0 Å². The molecule has 0 radical (unpaired) electrons. The first-order valence-corrected chi connectivity index (χ1v) is 4.38. The molecular weight excluding hydrogens is 200 g/mol. The summed E-state index contributed by atoms with van der Waals surface area (Å²) in [5.74, 6) is -0.592. The summed E-state index contributed by atoms with van der Waals surface area (Å²) in [6, 6.07) is 5.00. The molecule has 0 aliphatic carbocycles. The van der Waals surface area contributed by atoms with E-state index in [1.165, 1.54) is 12.1 Å². The molecule has 0 aliphatic rings. The van der Waals surface area contributed by atoms with Crippen molar-refractivity contribution < 1.29 is 8.78 Å². The number of benzene rings is 1. The van der Waals surface area contributed by atoms with Gasteiger partial charge in [0.25, 0.3) is 0 Å². The molecule has 0 amide bonds. The Kier molecular flexibility index (Phi) is 2.37. The fraction of sp³-hybridized carbons (Fsp3) is 0.100. The number of hydrogen-bond acceptors (Lipinski definition) is 2. The third-order valence-electron chi connectivity index (χ3n) is 2.01. The number of hydrogen-bond donors (Lipinski definition) is 2. The van der Waals surface area contributed by atoms with E-state index in [0.717, 1.165) is 6.07 Å². The van der Waals surface area contributed by atoms with Crippen molar-refractivity contribution in [1.82, 2.24) is 10.2 Å². The number of anilines is 1. The largest absolute Gasteiger partial charge is 0.372 e. The summed E-state index contributed by atoms with van der Waals surface area (Å²) in [5, 5.41) is 9.39. The van der Waals surface area contributed by atoms with E-state index in [0.29, 0.717) is 17.1 Å². The highest BCUT2D eigenvalue weighted by Crippen LogP contribution is 2.21. The van der Waals surface area contributed by atoms with Gasteiger partial charge in [0.2, 0.25) is 0 Å². The van der Waals surface area contributed by atoms with Crippen LogP contribution in [-0.2, 0) is 0 Å². The molecule has 0 atom stereocenters. The van der Waals surface area contributed by atoms with Crippen molar-refractivity contribution in [3.05, 3.63) is 35.9 Å². The summed E-state index contributed by atoms with van der Waals surface area (Å²) in [4.78, 5) is 0. The lowest BCUT2D eigenvalue weighted by molar-refractivity contribution is 0.584. The van der Waals surface area contributed by atoms with Gasteiger partial charge in [-0.05, 0) is 12.1 Å². The Bertz CT molecular complexity index is 459. The number of aromatic amines is 1. The molecule has 0 bridgehead atoms. The second-order valence-corrected chi connectivity index (χ2v) is 3.07.